The standard InChI is InChI=1S/C7H17ClO2Si.C7H8/c1-3-9-11(10-4-2)7-5-6-8;1-7-5-3-2-4-6-7/h11H,3-7H2,1-2H3;2-6H,1H3. The van der Waals surface area contributed by atoms with Crippen LogP contribution in [0, 0.1) is 6.92 Å². The zero-order valence-electron chi connectivity index (χ0n) is 11.7. The van der Waals surface area contributed by atoms with Crippen molar-refractivity contribution in [3.8, 4) is 0 Å². The fourth-order valence-corrected chi connectivity index (χ4v) is 3.49. The molecule has 1 rings (SSSR count). The number of aryl methyl sites for hydroxylation is 1. The molecule has 0 aliphatic carbocycles. The molecular formula is C14H25ClO2Si. The van der Waals surface area contributed by atoms with Crippen LogP contribution >= 0.6 is 11.6 Å². The number of hydrogen-bond donors (Lipinski definition) is 0. The summed E-state index contributed by atoms with van der Waals surface area (Å²) in [6.07, 6.45) is 1.01. The van der Waals surface area contributed by atoms with Gasteiger partial charge in [0, 0.05) is 19.1 Å². The first-order chi connectivity index (χ1) is 8.74. The van der Waals surface area contributed by atoms with Crippen molar-refractivity contribution in [2.45, 2.75) is 33.2 Å². The molecule has 104 valence electrons. The average molecular weight is 289 g/mol. The topological polar surface area (TPSA) is 18.5 Å². The largest absolute Gasteiger partial charge is 0.397 e. The molecule has 0 bridgehead atoms. The first-order valence-electron chi connectivity index (χ1n) is 6.55. The maximum absolute atomic E-state index is 5.56. The maximum atomic E-state index is 5.56. The smallest absolute Gasteiger partial charge is 0.321 e. The molecule has 0 radical (unpaired) electrons. The summed E-state index contributed by atoms with van der Waals surface area (Å²) >= 11 is 5.56. The highest BCUT2D eigenvalue weighted by atomic mass is 35.5. The van der Waals surface area contributed by atoms with Crippen LogP contribution in [0.15, 0.2) is 30.3 Å². The van der Waals surface area contributed by atoms with E-state index in [0.717, 1.165) is 25.7 Å². The Morgan fingerprint density at radius 3 is 1.94 bits per heavy atom. The molecule has 1 aromatic rings. The van der Waals surface area contributed by atoms with Gasteiger partial charge in [-0.25, -0.2) is 0 Å². The summed E-state index contributed by atoms with van der Waals surface area (Å²) in [4.78, 5) is 0. The molecule has 0 aliphatic rings. The Bertz CT molecular complexity index is 264. The SMILES string of the molecule is CCO[SiH](CCCCl)OCC.Cc1ccccc1. The van der Waals surface area contributed by atoms with Gasteiger partial charge < -0.3 is 8.85 Å². The predicted molar refractivity (Wildman–Crippen MR) is 81.7 cm³/mol. The minimum absolute atomic E-state index is 0.712. The van der Waals surface area contributed by atoms with Crippen molar-refractivity contribution in [1.82, 2.24) is 0 Å². The van der Waals surface area contributed by atoms with Crippen molar-refractivity contribution < 1.29 is 8.85 Å². The van der Waals surface area contributed by atoms with Crippen LogP contribution in [0.25, 0.3) is 0 Å². The molecule has 0 atom stereocenters. The van der Waals surface area contributed by atoms with Gasteiger partial charge in [0.15, 0.2) is 0 Å². The second kappa shape index (κ2) is 13.1. The molecule has 0 saturated heterocycles. The van der Waals surface area contributed by atoms with E-state index in [1.165, 1.54) is 5.56 Å². The summed E-state index contributed by atoms with van der Waals surface area (Å²) in [6, 6.07) is 11.3. The van der Waals surface area contributed by atoms with Crippen LogP contribution in [0.1, 0.15) is 25.8 Å². The van der Waals surface area contributed by atoms with Gasteiger partial charge in [-0.05, 0) is 33.2 Å². The highest BCUT2D eigenvalue weighted by Gasteiger charge is 2.10. The number of halogens is 1. The Kier molecular flexibility index (Phi) is 12.8. The second-order valence-corrected chi connectivity index (χ2v) is 6.31. The highest BCUT2D eigenvalue weighted by molar-refractivity contribution is 6.44. The van der Waals surface area contributed by atoms with E-state index < -0.39 is 9.28 Å². The molecule has 0 aromatic heterocycles. The van der Waals surface area contributed by atoms with Crippen molar-refractivity contribution >= 4 is 20.9 Å². The van der Waals surface area contributed by atoms with Gasteiger partial charge in [0.05, 0.1) is 0 Å². The number of alkyl halides is 1. The second-order valence-electron chi connectivity index (χ2n) is 3.83. The molecule has 18 heavy (non-hydrogen) atoms. The Morgan fingerprint density at radius 1 is 1.06 bits per heavy atom. The van der Waals surface area contributed by atoms with Crippen LogP contribution in [0.4, 0.5) is 0 Å². The minimum atomic E-state index is -1.34. The molecule has 0 unspecified atom stereocenters. The molecule has 1 aromatic carbocycles. The van der Waals surface area contributed by atoms with Gasteiger partial charge in [-0.15, -0.1) is 11.6 Å². The third-order valence-electron chi connectivity index (χ3n) is 2.22. The lowest BCUT2D eigenvalue weighted by Gasteiger charge is -2.13. The summed E-state index contributed by atoms with van der Waals surface area (Å²) in [6.45, 7) is 7.61. The van der Waals surface area contributed by atoms with E-state index in [4.69, 9.17) is 20.5 Å². The molecule has 0 aliphatic heterocycles. The van der Waals surface area contributed by atoms with Gasteiger partial charge in [0.1, 0.15) is 0 Å². The average Bonchev–Trinajstić information content (AvgIpc) is 2.38. The number of benzene rings is 1. The summed E-state index contributed by atoms with van der Waals surface area (Å²) in [5, 5.41) is 0. The normalized spacial score (nSPS) is 10.1. The fourth-order valence-electron chi connectivity index (χ4n) is 1.36. The highest BCUT2D eigenvalue weighted by Crippen LogP contribution is 2.02. The first kappa shape index (κ1) is 17.6. The molecule has 0 fully saturated rings. The Morgan fingerprint density at radius 2 is 1.61 bits per heavy atom. The predicted octanol–water partition coefficient (Wildman–Crippen LogP) is 3.90. The number of hydrogen-bond acceptors (Lipinski definition) is 2. The summed E-state index contributed by atoms with van der Waals surface area (Å²) in [7, 11) is -1.34. The van der Waals surface area contributed by atoms with Crippen molar-refractivity contribution in [2.75, 3.05) is 19.1 Å². The molecule has 0 heterocycles. The monoisotopic (exact) mass is 288 g/mol. The lowest BCUT2D eigenvalue weighted by Crippen LogP contribution is -2.22. The van der Waals surface area contributed by atoms with E-state index >= 15 is 0 Å². The van der Waals surface area contributed by atoms with E-state index in [2.05, 4.69) is 19.1 Å². The van der Waals surface area contributed by atoms with Crippen molar-refractivity contribution in [3.05, 3.63) is 35.9 Å². The lowest BCUT2D eigenvalue weighted by molar-refractivity contribution is 0.213. The van der Waals surface area contributed by atoms with Crippen LogP contribution in [0.2, 0.25) is 6.04 Å². The van der Waals surface area contributed by atoms with Gasteiger partial charge >= 0.3 is 9.28 Å². The summed E-state index contributed by atoms with van der Waals surface area (Å²) < 4.78 is 10.9. The lowest BCUT2D eigenvalue weighted by atomic mass is 10.2. The minimum Gasteiger partial charge on any atom is -0.397 e. The molecular weight excluding hydrogens is 264 g/mol. The third-order valence-corrected chi connectivity index (χ3v) is 4.78. The van der Waals surface area contributed by atoms with E-state index in [1.54, 1.807) is 0 Å². The molecule has 2 nitrogen and oxygen atoms in total. The molecule has 0 spiro atoms. The van der Waals surface area contributed by atoms with E-state index in [1.807, 2.05) is 32.0 Å². The van der Waals surface area contributed by atoms with E-state index in [9.17, 15) is 0 Å². The van der Waals surface area contributed by atoms with Gasteiger partial charge in [-0.3, -0.25) is 0 Å². The fraction of sp³-hybridized carbons (Fsp3) is 0.571. The molecule has 4 heteroatoms. The number of rotatable bonds is 7. The van der Waals surface area contributed by atoms with E-state index in [0.29, 0.717) is 5.88 Å². The van der Waals surface area contributed by atoms with Crippen LogP contribution in [0.3, 0.4) is 0 Å². The third kappa shape index (κ3) is 10.8. The van der Waals surface area contributed by atoms with Gasteiger partial charge in [0.25, 0.3) is 0 Å². The molecule has 0 amide bonds. The van der Waals surface area contributed by atoms with Crippen LogP contribution in [0.5, 0.6) is 0 Å². The van der Waals surface area contributed by atoms with Crippen LogP contribution in [-0.4, -0.2) is 28.4 Å². The maximum Gasteiger partial charge on any atom is 0.321 e. The zero-order chi connectivity index (χ0) is 13.6. The van der Waals surface area contributed by atoms with Gasteiger partial charge in [0.2, 0.25) is 0 Å². The van der Waals surface area contributed by atoms with Gasteiger partial charge in [-0.2, -0.15) is 0 Å². The summed E-state index contributed by atoms with van der Waals surface area (Å²) in [5.74, 6) is 0.712. The van der Waals surface area contributed by atoms with Crippen LogP contribution < -0.4 is 0 Å². The van der Waals surface area contributed by atoms with Gasteiger partial charge in [-0.1, -0.05) is 35.9 Å². The Labute approximate surface area is 118 Å². The summed E-state index contributed by atoms with van der Waals surface area (Å²) in [5.41, 5.74) is 1.32. The Hall–Kier alpha value is -0.353. The molecule has 0 saturated carbocycles. The Balaban J connectivity index is 0.000000351. The van der Waals surface area contributed by atoms with E-state index in [-0.39, 0.29) is 0 Å². The van der Waals surface area contributed by atoms with Crippen LogP contribution in [-0.2, 0) is 8.85 Å². The first-order valence-corrected chi connectivity index (χ1v) is 8.84. The van der Waals surface area contributed by atoms with Crippen molar-refractivity contribution in [3.63, 3.8) is 0 Å². The van der Waals surface area contributed by atoms with Crippen molar-refractivity contribution in [1.29, 1.82) is 0 Å². The quantitative estimate of drug-likeness (QED) is 0.559. The van der Waals surface area contributed by atoms with Crippen molar-refractivity contribution in [2.24, 2.45) is 0 Å². The molecule has 0 N–H and O–H groups in total. The zero-order valence-corrected chi connectivity index (χ0v) is 13.6.